The highest BCUT2D eigenvalue weighted by atomic mass is 16.3. The molecule has 1 unspecified atom stereocenters. The third kappa shape index (κ3) is 5.81. The smallest absolute Gasteiger partial charge is 0.0825 e. The largest absolute Gasteiger partial charge is 0.393 e. The van der Waals surface area contributed by atoms with Crippen LogP contribution in [-0.2, 0) is 0 Å². The van der Waals surface area contributed by atoms with E-state index in [4.69, 9.17) is 0 Å². The van der Waals surface area contributed by atoms with E-state index >= 15 is 0 Å². The van der Waals surface area contributed by atoms with Gasteiger partial charge in [0, 0.05) is 6.42 Å². The van der Waals surface area contributed by atoms with Gasteiger partial charge in [-0.05, 0) is 85.7 Å². The van der Waals surface area contributed by atoms with Crippen LogP contribution in [0.4, 0.5) is 0 Å². The van der Waals surface area contributed by atoms with Gasteiger partial charge in [-0.1, -0.05) is 76.3 Å². The SMILES string of the molecule is C=C1/C(=C\C=C2\CCCC3(C)[C@@H]([C@H](C)/C=C/C=C/C(O)(CC)CC)CC[C@@H]23)C[C@@H](O)C[C@@H]1O. The molecule has 33 heavy (non-hydrogen) atoms. The number of allylic oxidation sites excluding steroid dienone is 6. The van der Waals surface area contributed by atoms with Crippen LogP contribution in [0.5, 0.6) is 0 Å². The van der Waals surface area contributed by atoms with Crippen LogP contribution in [-0.4, -0.2) is 33.1 Å². The van der Waals surface area contributed by atoms with E-state index in [0.717, 1.165) is 30.4 Å². The molecule has 0 spiro atoms. The maximum absolute atomic E-state index is 10.5. The lowest BCUT2D eigenvalue weighted by Gasteiger charge is -2.44. The summed E-state index contributed by atoms with van der Waals surface area (Å²) in [7, 11) is 0. The summed E-state index contributed by atoms with van der Waals surface area (Å²) in [5.41, 5.74) is 2.92. The van der Waals surface area contributed by atoms with Crippen LogP contribution < -0.4 is 0 Å². The zero-order valence-electron chi connectivity index (χ0n) is 21.3. The van der Waals surface area contributed by atoms with Gasteiger partial charge in [0.1, 0.15) is 0 Å². The lowest BCUT2D eigenvalue weighted by Crippen LogP contribution is -2.35. The maximum atomic E-state index is 10.5. The molecule has 0 bridgehead atoms. The molecule has 3 heteroatoms. The van der Waals surface area contributed by atoms with Gasteiger partial charge in [0.2, 0.25) is 0 Å². The molecule has 0 aliphatic heterocycles. The molecule has 0 saturated heterocycles. The Balaban J connectivity index is 1.72. The van der Waals surface area contributed by atoms with Gasteiger partial charge in [-0.2, -0.15) is 0 Å². The molecule has 3 saturated carbocycles. The zero-order valence-corrected chi connectivity index (χ0v) is 21.3. The van der Waals surface area contributed by atoms with Crippen LogP contribution in [0.15, 0.2) is 59.8 Å². The fourth-order valence-electron chi connectivity index (χ4n) is 6.70. The van der Waals surface area contributed by atoms with Crippen molar-refractivity contribution in [2.45, 2.75) is 103 Å². The van der Waals surface area contributed by atoms with Gasteiger partial charge in [-0.25, -0.2) is 0 Å². The van der Waals surface area contributed by atoms with Crippen LogP contribution in [0.3, 0.4) is 0 Å². The number of aliphatic hydroxyl groups is 3. The van der Waals surface area contributed by atoms with Crippen molar-refractivity contribution < 1.29 is 15.3 Å². The molecule has 184 valence electrons. The van der Waals surface area contributed by atoms with E-state index in [1.807, 2.05) is 26.0 Å². The summed E-state index contributed by atoms with van der Waals surface area (Å²) < 4.78 is 0. The monoisotopic (exact) mass is 454 g/mol. The summed E-state index contributed by atoms with van der Waals surface area (Å²) in [5, 5.41) is 30.7. The Bertz CT molecular complexity index is 812. The van der Waals surface area contributed by atoms with Crippen molar-refractivity contribution in [2.24, 2.45) is 23.2 Å². The van der Waals surface area contributed by atoms with Crippen molar-refractivity contribution in [3.63, 3.8) is 0 Å². The Morgan fingerprint density at radius 1 is 1.15 bits per heavy atom. The first-order chi connectivity index (χ1) is 15.6. The van der Waals surface area contributed by atoms with E-state index in [-0.39, 0.29) is 0 Å². The molecule has 0 aromatic carbocycles. The van der Waals surface area contributed by atoms with Crippen molar-refractivity contribution in [3.05, 3.63) is 59.8 Å². The molecule has 0 amide bonds. The summed E-state index contributed by atoms with van der Waals surface area (Å²) in [6.07, 6.45) is 20.3. The molecule has 0 aromatic rings. The van der Waals surface area contributed by atoms with Gasteiger partial charge in [0.15, 0.2) is 0 Å². The van der Waals surface area contributed by atoms with E-state index in [1.165, 1.54) is 31.3 Å². The normalized spacial score (nSPS) is 36.9. The molecule has 0 heterocycles. The molecule has 0 aromatic heterocycles. The third-order valence-corrected chi connectivity index (χ3v) is 9.09. The number of hydrogen-bond acceptors (Lipinski definition) is 3. The van der Waals surface area contributed by atoms with Crippen LogP contribution in [0.25, 0.3) is 0 Å². The van der Waals surface area contributed by atoms with Gasteiger partial charge in [-0.15, -0.1) is 0 Å². The molecular formula is C30H46O3. The highest BCUT2D eigenvalue weighted by Crippen LogP contribution is 2.59. The molecular weight excluding hydrogens is 408 g/mol. The summed E-state index contributed by atoms with van der Waals surface area (Å²) in [4.78, 5) is 0. The van der Waals surface area contributed by atoms with Crippen molar-refractivity contribution in [3.8, 4) is 0 Å². The Morgan fingerprint density at radius 2 is 1.88 bits per heavy atom. The summed E-state index contributed by atoms with van der Waals surface area (Å²) in [6.45, 7) is 13.0. The second-order valence-corrected chi connectivity index (χ2v) is 11.1. The second-order valence-electron chi connectivity index (χ2n) is 11.1. The predicted molar refractivity (Wildman–Crippen MR) is 138 cm³/mol. The maximum Gasteiger partial charge on any atom is 0.0825 e. The fourth-order valence-corrected chi connectivity index (χ4v) is 6.70. The van der Waals surface area contributed by atoms with Gasteiger partial charge in [-0.3, -0.25) is 0 Å². The van der Waals surface area contributed by atoms with Gasteiger partial charge >= 0.3 is 0 Å². The van der Waals surface area contributed by atoms with Gasteiger partial charge < -0.3 is 15.3 Å². The Kier molecular flexibility index (Phi) is 8.64. The molecule has 3 nitrogen and oxygen atoms in total. The first kappa shape index (κ1) is 26.2. The molecule has 3 rings (SSSR count). The second kappa shape index (κ2) is 10.9. The molecule has 0 radical (unpaired) electrons. The first-order valence-corrected chi connectivity index (χ1v) is 13.2. The zero-order chi connectivity index (χ0) is 24.2. The average molecular weight is 455 g/mol. The van der Waals surface area contributed by atoms with E-state index in [9.17, 15) is 15.3 Å². The first-order valence-electron chi connectivity index (χ1n) is 13.2. The molecule has 3 N–H and O–H groups in total. The quantitative estimate of drug-likeness (QED) is 0.389. The van der Waals surface area contributed by atoms with E-state index in [0.29, 0.717) is 36.0 Å². The van der Waals surface area contributed by atoms with Gasteiger partial charge in [0.05, 0.1) is 17.8 Å². The Morgan fingerprint density at radius 3 is 2.58 bits per heavy atom. The minimum absolute atomic E-state index is 0.312. The van der Waals surface area contributed by atoms with Crippen LogP contribution in [0, 0.1) is 23.2 Å². The van der Waals surface area contributed by atoms with Crippen LogP contribution >= 0.6 is 0 Å². The number of hydrogen-bond donors (Lipinski definition) is 3. The molecule has 3 aliphatic carbocycles. The Labute approximate surface area is 201 Å². The van der Waals surface area contributed by atoms with E-state index in [2.05, 4.69) is 44.7 Å². The fraction of sp³-hybridized carbons (Fsp3) is 0.667. The predicted octanol–water partition coefficient (Wildman–Crippen LogP) is 6.43. The number of fused-ring (bicyclic) bond motifs is 1. The highest BCUT2D eigenvalue weighted by Gasteiger charge is 2.50. The molecule has 6 atom stereocenters. The lowest BCUT2D eigenvalue weighted by atomic mass is 9.61. The van der Waals surface area contributed by atoms with Crippen molar-refractivity contribution in [2.75, 3.05) is 0 Å². The molecule has 3 fully saturated rings. The van der Waals surface area contributed by atoms with Crippen LogP contribution in [0.2, 0.25) is 0 Å². The average Bonchev–Trinajstić information content (AvgIpc) is 3.15. The third-order valence-electron chi connectivity index (χ3n) is 9.09. The standard InChI is InChI=1S/C30H46O3/c1-6-30(33,7-2)18-9-8-11-21(3)26-15-16-27-23(12-10-17-29(26,27)5)13-14-24-19-25(31)20-28(32)22(24)4/h8-9,11,13-14,18,21,25-28,31-33H,4,6-7,10,12,15-17,19-20H2,1-3,5H3/b11-8+,18-9+,23-13-,24-14-/t21-,25-,26-,27+,28+,29?/m1/s1. The van der Waals surface area contributed by atoms with E-state index in [1.54, 1.807) is 0 Å². The summed E-state index contributed by atoms with van der Waals surface area (Å²) >= 11 is 0. The van der Waals surface area contributed by atoms with Crippen LogP contribution in [0.1, 0.15) is 85.5 Å². The summed E-state index contributed by atoms with van der Waals surface area (Å²) in [6, 6.07) is 0. The lowest BCUT2D eigenvalue weighted by molar-refractivity contribution is 0.0827. The van der Waals surface area contributed by atoms with Crippen molar-refractivity contribution in [1.29, 1.82) is 0 Å². The van der Waals surface area contributed by atoms with Crippen molar-refractivity contribution in [1.82, 2.24) is 0 Å². The summed E-state index contributed by atoms with van der Waals surface area (Å²) in [5.74, 6) is 1.77. The number of rotatable bonds is 7. The Hall–Kier alpha value is -1.42. The van der Waals surface area contributed by atoms with Gasteiger partial charge in [0.25, 0.3) is 0 Å². The molecule has 3 aliphatic rings. The highest BCUT2D eigenvalue weighted by molar-refractivity contribution is 5.38. The van der Waals surface area contributed by atoms with E-state index < -0.39 is 17.8 Å². The minimum atomic E-state index is -0.689. The number of aliphatic hydroxyl groups excluding tert-OH is 2. The van der Waals surface area contributed by atoms with Crippen molar-refractivity contribution >= 4 is 0 Å². The topological polar surface area (TPSA) is 60.7 Å². The minimum Gasteiger partial charge on any atom is -0.393 e.